The van der Waals surface area contributed by atoms with E-state index in [-0.39, 0.29) is 24.0 Å². The Kier molecular flexibility index (Phi) is 10.0. The molecule has 0 saturated carbocycles. The van der Waals surface area contributed by atoms with Gasteiger partial charge in [0.2, 0.25) is 0 Å². The summed E-state index contributed by atoms with van der Waals surface area (Å²) in [5, 5.41) is 3.66. The fraction of sp³-hybridized carbons (Fsp3) is 0.696. The molecule has 7 heteroatoms. The van der Waals surface area contributed by atoms with Crippen LogP contribution in [0, 0.1) is 11.8 Å². The summed E-state index contributed by atoms with van der Waals surface area (Å²) in [6.45, 7) is 11.1. The number of methoxy groups -OCH3 is 2. The molecule has 1 atom stereocenters. The van der Waals surface area contributed by atoms with Crippen molar-refractivity contribution in [3.8, 4) is 11.5 Å². The fourth-order valence-electron chi connectivity index (χ4n) is 4.63. The molecule has 1 fully saturated rings. The number of nitrogens with zero attached hydrogens (tertiary/aromatic N) is 3. The first-order valence-corrected chi connectivity index (χ1v) is 11.0. The van der Waals surface area contributed by atoms with Crippen LogP contribution in [0.25, 0.3) is 0 Å². The highest BCUT2D eigenvalue weighted by Gasteiger charge is 2.24. The van der Waals surface area contributed by atoms with E-state index in [2.05, 4.69) is 46.1 Å². The van der Waals surface area contributed by atoms with Crippen molar-refractivity contribution < 1.29 is 9.47 Å². The van der Waals surface area contributed by atoms with E-state index >= 15 is 0 Å². The SMILES string of the molecule is CN=C(NCC1CCCN(CC(C)C)C1)N1CCc2cc(OC)c(OC)cc2C1.I. The Morgan fingerprint density at radius 1 is 1.17 bits per heavy atom. The number of hydrogen-bond acceptors (Lipinski definition) is 4. The molecule has 3 rings (SSSR count). The predicted molar refractivity (Wildman–Crippen MR) is 134 cm³/mol. The normalized spacial score (nSPS) is 19.9. The summed E-state index contributed by atoms with van der Waals surface area (Å²) in [5.74, 6) is 4.04. The van der Waals surface area contributed by atoms with E-state index < -0.39 is 0 Å². The molecule has 2 aliphatic heterocycles. The minimum absolute atomic E-state index is 0. The first-order valence-electron chi connectivity index (χ1n) is 11.0. The van der Waals surface area contributed by atoms with Crippen molar-refractivity contribution in [2.75, 3.05) is 54.0 Å². The molecule has 1 aromatic rings. The third-order valence-electron chi connectivity index (χ3n) is 6.00. The van der Waals surface area contributed by atoms with Crippen LogP contribution in [0.4, 0.5) is 0 Å². The van der Waals surface area contributed by atoms with E-state index in [0.717, 1.165) is 49.4 Å². The van der Waals surface area contributed by atoms with E-state index in [1.54, 1.807) is 14.2 Å². The summed E-state index contributed by atoms with van der Waals surface area (Å²) in [6, 6.07) is 4.23. The average molecular weight is 530 g/mol. The molecule has 2 aliphatic rings. The van der Waals surface area contributed by atoms with Crippen LogP contribution in [0.1, 0.15) is 37.8 Å². The molecule has 30 heavy (non-hydrogen) atoms. The van der Waals surface area contributed by atoms with Gasteiger partial charge in [0, 0.05) is 39.8 Å². The number of nitrogens with one attached hydrogen (secondary N) is 1. The van der Waals surface area contributed by atoms with E-state index in [1.807, 2.05) is 7.05 Å². The summed E-state index contributed by atoms with van der Waals surface area (Å²) in [7, 11) is 5.27. The Morgan fingerprint density at radius 2 is 1.87 bits per heavy atom. The van der Waals surface area contributed by atoms with Crippen LogP contribution in [-0.2, 0) is 13.0 Å². The van der Waals surface area contributed by atoms with Crippen LogP contribution in [0.2, 0.25) is 0 Å². The third-order valence-corrected chi connectivity index (χ3v) is 6.00. The van der Waals surface area contributed by atoms with E-state index in [1.165, 1.54) is 43.6 Å². The number of ether oxygens (including phenoxy) is 2. The number of hydrogen-bond donors (Lipinski definition) is 1. The minimum atomic E-state index is 0. The number of guanidine groups is 1. The smallest absolute Gasteiger partial charge is 0.193 e. The molecule has 0 aliphatic carbocycles. The van der Waals surface area contributed by atoms with Gasteiger partial charge in [-0.25, -0.2) is 0 Å². The second-order valence-electron chi connectivity index (χ2n) is 8.74. The highest BCUT2D eigenvalue weighted by Crippen LogP contribution is 2.33. The zero-order valence-electron chi connectivity index (χ0n) is 19.2. The van der Waals surface area contributed by atoms with Gasteiger partial charge in [-0.05, 0) is 60.9 Å². The van der Waals surface area contributed by atoms with Crippen LogP contribution in [-0.4, -0.2) is 69.8 Å². The Labute approximate surface area is 199 Å². The van der Waals surface area contributed by atoms with Crippen molar-refractivity contribution in [3.63, 3.8) is 0 Å². The van der Waals surface area contributed by atoms with Gasteiger partial charge in [-0.15, -0.1) is 24.0 Å². The first-order chi connectivity index (χ1) is 14.0. The molecule has 1 N–H and O–H groups in total. The molecule has 1 aromatic carbocycles. The van der Waals surface area contributed by atoms with Gasteiger partial charge in [0.25, 0.3) is 0 Å². The van der Waals surface area contributed by atoms with Crippen molar-refractivity contribution in [2.24, 2.45) is 16.8 Å². The molecule has 0 amide bonds. The van der Waals surface area contributed by atoms with Gasteiger partial charge in [-0.1, -0.05) is 13.8 Å². The van der Waals surface area contributed by atoms with Crippen molar-refractivity contribution in [2.45, 2.75) is 39.7 Å². The number of halogens is 1. The van der Waals surface area contributed by atoms with Gasteiger partial charge in [-0.3, -0.25) is 4.99 Å². The second-order valence-corrected chi connectivity index (χ2v) is 8.74. The average Bonchev–Trinajstić information content (AvgIpc) is 2.72. The molecule has 1 unspecified atom stereocenters. The maximum atomic E-state index is 5.49. The van der Waals surface area contributed by atoms with Crippen LogP contribution in [0.3, 0.4) is 0 Å². The summed E-state index contributed by atoms with van der Waals surface area (Å²) in [5.41, 5.74) is 2.63. The van der Waals surface area contributed by atoms with Gasteiger partial charge in [-0.2, -0.15) is 0 Å². The van der Waals surface area contributed by atoms with Crippen LogP contribution >= 0.6 is 24.0 Å². The van der Waals surface area contributed by atoms with Gasteiger partial charge in [0.05, 0.1) is 14.2 Å². The standard InChI is InChI=1S/C23H38N4O2.HI/c1-17(2)14-26-9-6-7-18(15-26)13-25-23(24-3)27-10-8-19-11-21(28-4)22(29-5)12-20(19)16-27;/h11-12,17-18H,6-10,13-16H2,1-5H3,(H,24,25);1H. The monoisotopic (exact) mass is 530 g/mol. The zero-order chi connectivity index (χ0) is 20.8. The van der Waals surface area contributed by atoms with Crippen molar-refractivity contribution >= 4 is 29.9 Å². The lowest BCUT2D eigenvalue weighted by Gasteiger charge is -2.36. The Bertz CT molecular complexity index is 711. The molecule has 1 saturated heterocycles. The Hall–Kier alpha value is -1.22. The van der Waals surface area contributed by atoms with Gasteiger partial charge in [0.1, 0.15) is 0 Å². The topological polar surface area (TPSA) is 49.3 Å². The highest BCUT2D eigenvalue weighted by atomic mass is 127. The minimum Gasteiger partial charge on any atom is -0.493 e. The van der Waals surface area contributed by atoms with E-state index in [0.29, 0.717) is 5.92 Å². The Morgan fingerprint density at radius 3 is 2.50 bits per heavy atom. The maximum absolute atomic E-state index is 5.49. The quantitative estimate of drug-likeness (QED) is 0.346. The third kappa shape index (κ3) is 6.39. The molecule has 6 nitrogen and oxygen atoms in total. The number of rotatable bonds is 6. The summed E-state index contributed by atoms with van der Waals surface area (Å²) >= 11 is 0. The van der Waals surface area contributed by atoms with Crippen molar-refractivity contribution in [1.29, 1.82) is 0 Å². The Balaban J connectivity index is 0.00000320. The number of piperidine rings is 1. The summed E-state index contributed by atoms with van der Waals surface area (Å²) in [6.07, 6.45) is 3.59. The molecular weight excluding hydrogens is 491 g/mol. The van der Waals surface area contributed by atoms with Crippen molar-refractivity contribution in [1.82, 2.24) is 15.1 Å². The van der Waals surface area contributed by atoms with E-state index in [9.17, 15) is 0 Å². The molecule has 0 bridgehead atoms. The van der Waals surface area contributed by atoms with Crippen molar-refractivity contribution in [3.05, 3.63) is 23.3 Å². The summed E-state index contributed by atoms with van der Waals surface area (Å²) < 4.78 is 11.0. The fourth-order valence-corrected chi connectivity index (χ4v) is 4.63. The molecule has 2 heterocycles. The van der Waals surface area contributed by atoms with Gasteiger partial charge >= 0.3 is 0 Å². The number of aliphatic imine (C=N–C) groups is 1. The number of benzene rings is 1. The second kappa shape index (κ2) is 12.0. The maximum Gasteiger partial charge on any atom is 0.193 e. The molecule has 0 radical (unpaired) electrons. The summed E-state index contributed by atoms with van der Waals surface area (Å²) in [4.78, 5) is 9.55. The largest absolute Gasteiger partial charge is 0.493 e. The highest BCUT2D eigenvalue weighted by molar-refractivity contribution is 14.0. The first kappa shape index (κ1) is 25.0. The lowest BCUT2D eigenvalue weighted by atomic mass is 9.97. The van der Waals surface area contributed by atoms with E-state index in [4.69, 9.17) is 9.47 Å². The van der Waals surface area contributed by atoms with Crippen LogP contribution < -0.4 is 14.8 Å². The molecule has 0 aromatic heterocycles. The van der Waals surface area contributed by atoms with Gasteiger partial charge < -0.3 is 24.6 Å². The van der Waals surface area contributed by atoms with Crippen LogP contribution in [0.5, 0.6) is 11.5 Å². The van der Waals surface area contributed by atoms with Gasteiger partial charge in [0.15, 0.2) is 17.5 Å². The number of likely N-dealkylation sites (tertiary alicyclic amines) is 1. The molecule has 170 valence electrons. The predicted octanol–water partition coefficient (Wildman–Crippen LogP) is 3.62. The molecule has 0 spiro atoms. The zero-order valence-corrected chi connectivity index (χ0v) is 21.6. The van der Waals surface area contributed by atoms with Crippen LogP contribution in [0.15, 0.2) is 17.1 Å². The lowest BCUT2D eigenvalue weighted by molar-refractivity contribution is 0.159. The molecular formula is C23H39IN4O2. The lowest BCUT2D eigenvalue weighted by Crippen LogP contribution is -2.47. The number of fused-ring (bicyclic) bond motifs is 1.